The summed E-state index contributed by atoms with van der Waals surface area (Å²) in [7, 11) is 1.49. The molecule has 0 unspecified atom stereocenters. The Kier molecular flexibility index (Phi) is 3.96. The van der Waals surface area contributed by atoms with Gasteiger partial charge in [-0.2, -0.15) is 5.26 Å². The van der Waals surface area contributed by atoms with Gasteiger partial charge in [-0.3, -0.25) is 9.78 Å². The molecule has 1 N–H and O–H groups in total. The zero-order valence-electron chi connectivity index (χ0n) is 11.2. The third kappa shape index (κ3) is 2.75. The van der Waals surface area contributed by atoms with Gasteiger partial charge in [0, 0.05) is 12.4 Å². The van der Waals surface area contributed by atoms with Crippen LogP contribution in [0.3, 0.4) is 0 Å². The summed E-state index contributed by atoms with van der Waals surface area (Å²) in [6.45, 7) is 1.85. The summed E-state index contributed by atoms with van der Waals surface area (Å²) in [6.07, 6.45) is 3.14. The van der Waals surface area contributed by atoms with E-state index in [-0.39, 0.29) is 5.91 Å². The molecular formula is C15H13N3O2. The highest BCUT2D eigenvalue weighted by atomic mass is 16.5. The topological polar surface area (TPSA) is 75.0 Å². The lowest BCUT2D eigenvalue weighted by atomic mass is 10.1. The molecule has 1 amide bonds. The van der Waals surface area contributed by atoms with E-state index < -0.39 is 0 Å². The number of carbonyl (C=O) groups is 1. The minimum absolute atomic E-state index is 0.331. The van der Waals surface area contributed by atoms with E-state index in [4.69, 9.17) is 10.00 Å². The highest BCUT2D eigenvalue weighted by Gasteiger charge is 2.13. The van der Waals surface area contributed by atoms with Gasteiger partial charge in [0.1, 0.15) is 17.5 Å². The monoisotopic (exact) mass is 267 g/mol. The second kappa shape index (κ2) is 5.85. The predicted molar refractivity (Wildman–Crippen MR) is 74.6 cm³/mol. The summed E-state index contributed by atoms with van der Waals surface area (Å²) >= 11 is 0. The number of aromatic nitrogens is 1. The largest absolute Gasteiger partial charge is 0.495 e. The van der Waals surface area contributed by atoms with Crippen LogP contribution in [0.5, 0.6) is 5.75 Å². The Balaban J connectivity index is 2.35. The van der Waals surface area contributed by atoms with Crippen molar-refractivity contribution in [1.82, 2.24) is 4.98 Å². The molecule has 2 aromatic rings. The maximum atomic E-state index is 12.2. The summed E-state index contributed by atoms with van der Waals surface area (Å²) in [5.41, 5.74) is 2.03. The van der Waals surface area contributed by atoms with Crippen LogP contribution in [0.4, 0.5) is 5.69 Å². The smallest absolute Gasteiger partial charge is 0.257 e. The number of nitriles is 1. The average molecular weight is 267 g/mol. The Morgan fingerprint density at radius 1 is 1.40 bits per heavy atom. The van der Waals surface area contributed by atoms with Crippen LogP contribution in [-0.4, -0.2) is 18.0 Å². The fourth-order valence-corrected chi connectivity index (χ4v) is 1.79. The summed E-state index contributed by atoms with van der Waals surface area (Å²) < 4.78 is 5.17. The molecule has 0 radical (unpaired) electrons. The molecule has 1 aromatic carbocycles. The molecule has 2 rings (SSSR count). The number of para-hydroxylation sites is 1. The molecular weight excluding hydrogens is 254 g/mol. The van der Waals surface area contributed by atoms with Crippen LogP contribution in [0.25, 0.3) is 0 Å². The maximum Gasteiger partial charge on any atom is 0.257 e. The first-order chi connectivity index (χ1) is 9.65. The van der Waals surface area contributed by atoms with Crippen molar-refractivity contribution in [1.29, 1.82) is 5.26 Å². The second-order valence-electron chi connectivity index (χ2n) is 4.20. The quantitative estimate of drug-likeness (QED) is 0.927. The van der Waals surface area contributed by atoms with E-state index in [0.29, 0.717) is 22.6 Å². The van der Waals surface area contributed by atoms with Crippen molar-refractivity contribution in [2.45, 2.75) is 6.92 Å². The van der Waals surface area contributed by atoms with Crippen molar-refractivity contribution in [3.05, 3.63) is 53.3 Å². The molecule has 0 aliphatic rings. The number of hydrogen-bond acceptors (Lipinski definition) is 4. The van der Waals surface area contributed by atoms with Gasteiger partial charge in [-0.05, 0) is 30.7 Å². The molecule has 0 saturated heterocycles. The number of rotatable bonds is 3. The van der Waals surface area contributed by atoms with E-state index in [2.05, 4.69) is 10.3 Å². The summed E-state index contributed by atoms with van der Waals surface area (Å²) in [5, 5.41) is 11.8. The lowest BCUT2D eigenvalue weighted by molar-refractivity contribution is 0.102. The molecule has 0 spiro atoms. The van der Waals surface area contributed by atoms with E-state index >= 15 is 0 Å². The summed E-state index contributed by atoms with van der Waals surface area (Å²) in [4.78, 5) is 16.2. The minimum Gasteiger partial charge on any atom is -0.495 e. The molecule has 5 heteroatoms. The molecule has 0 bridgehead atoms. The van der Waals surface area contributed by atoms with Crippen LogP contribution in [0.1, 0.15) is 21.5 Å². The van der Waals surface area contributed by atoms with Crippen molar-refractivity contribution in [2.75, 3.05) is 12.4 Å². The Morgan fingerprint density at radius 3 is 2.85 bits per heavy atom. The van der Waals surface area contributed by atoms with Gasteiger partial charge < -0.3 is 10.1 Å². The molecule has 1 heterocycles. The number of hydrogen-bond donors (Lipinski definition) is 1. The Labute approximate surface area is 116 Å². The van der Waals surface area contributed by atoms with E-state index in [1.807, 2.05) is 13.0 Å². The molecule has 0 aliphatic heterocycles. The number of methoxy groups -OCH3 is 1. The minimum atomic E-state index is -0.331. The number of benzene rings is 1. The number of amides is 1. The number of aryl methyl sites for hydroxylation is 1. The zero-order valence-corrected chi connectivity index (χ0v) is 11.2. The molecule has 0 aliphatic carbocycles. The standard InChI is InChI=1S/C15H13N3O2/c1-10-6-12(9-17-8-10)15(19)18-14-11(7-16)4-3-5-13(14)20-2/h3-6,8-9H,1-2H3,(H,18,19). The van der Waals surface area contributed by atoms with Crippen molar-refractivity contribution >= 4 is 11.6 Å². The van der Waals surface area contributed by atoms with Gasteiger partial charge in [0.2, 0.25) is 0 Å². The van der Waals surface area contributed by atoms with Gasteiger partial charge in [-0.25, -0.2) is 0 Å². The van der Waals surface area contributed by atoms with Gasteiger partial charge >= 0.3 is 0 Å². The van der Waals surface area contributed by atoms with Crippen LogP contribution in [0.15, 0.2) is 36.7 Å². The molecule has 0 atom stereocenters. The molecule has 100 valence electrons. The van der Waals surface area contributed by atoms with Gasteiger partial charge in [0.25, 0.3) is 5.91 Å². The highest BCUT2D eigenvalue weighted by molar-refractivity contribution is 6.05. The van der Waals surface area contributed by atoms with E-state index in [9.17, 15) is 4.79 Å². The lowest BCUT2D eigenvalue weighted by Gasteiger charge is -2.11. The average Bonchev–Trinajstić information content (AvgIpc) is 2.47. The summed E-state index contributed by atoms with van der Waals surface area (Å²) in [6, 6.07) is 8.75. The SMILES string of the molecule is COc1cccc(C#N)c1NC(=O)c1cncc(C)c1. The molecule has 1 aromatic heterocycles. The van der Waals surface area contributed by atoms with Crippen molar-refractivity contribution < 1.29 is 9.53 Å². The number of ether oxygens (including phenoxy) is 1. The van der Waals surface area contributed by atoms with E-state index in [1.54, 1.807) is 30.5 Å². The zero-order chi connectivity index (χ0) is 14.5. The van der Waals surface area contributed by atoms with Crippen molar-refractivity contribution in [3.63, 3.8) is 0 Å². The Morgan fingerprint density at radius 2 is 2.20 bits per heavy atom. The van der Waals surface area contributed by atoms with E-state index in [1.165, 1.54) is 13.3 Å². The first-order valence-corrected chi connectivity index (χ1v) is 5.96. The van der Waals surface area contributed by atoms with Gasteiger partial charge in [0.15, 0.2) is 0 Å². The van der Waals surface area contributed by atoms with Crippen LogP contribution in [0, 0.1) is 18.3 Å². The first-order valence-electron chi connectivity index (χ1n) is 5.96. The maximum absolute atomic E-state index is 12.2. The number of nitrogens with zero attached hydrogens (tertiary/aromatic N) is 2. The lowest BCUT2D eigenvalue weighted by Crippen LogP contribution is -2.14. The Bertz CT molecular complexity index is 690. The normalized spacial score (nSPS) is 9.65. The van der Waals surface area contributed by atoms with Crippen molar-refractivity contribution in [2.24, 2.45) is 0 Å². The van der Waals surface area contributed by atoms with Gasteiger partial charge in [-0.15, -0.1) is 0 Å². The highest BCUT2D eigenvalue weighted by Crippen LogP contribution is 2.28. The number of anilines is 1. The molecule has 20 heavy (non-hydrogen) atoms. The summed E-state index contributed by atoms with van der Waals surface area (Å²) in [5.74, 6) is 0.111. The first kappa shape index (κ1) is 13.6. The number of pyridine rings is 1. The van der Waals surface area contributed by atoms with E-state index in [0.717, 1.165) is 5.56 Å². The molecule has 0 fully saturated rings. The fourth-order valence-electron chi connectivity index (χ4n) is 1.79. The molecule has 5 nitrogen and oxygen atoms in total. The third-order valence-corrected chi connectivity index (χ3v) is 2.74. The van der Waals surface area contributed by atoms with Gasteiger partial charge in [-0.1, -0.05) is 6.07 Å². The second-order valence-corrected chi connectivity index (χ2v) is 4.20. The number of nitrogens with one attached hydrogen (secondary N) is 1. The fraction of sp³-hybridized carbons (Fsp3) is 0.133. The van der Waals surface area contributed by atoms with Crippen molar-refractivity contribution in [3.8, 4) is 11.8 Å². The van der Waals surface area contributed by atoms with Gasteiger partial charge in [0.05, 0.1) is 18.2 Å². The van der Waals surface area contributed by atoms with Crippen LogP contribution in [-0.2, 0) is 0 Å². The number of carbonyl (C=O) groups excluding carboxylic acids is 1. The third-order valence-electron chi connectivity index (χ3n) is 2.74. The van der Waals surface area contributed by atoms with Crippen LogP contribution < -0.4 is 10.1 Å². The predicted octanol–water partition coefficient (Wildman–Crippen LogP) is 2.52. The van der Waals surface area contributed by atoms with Crippen LogP contribution in [0.2, 0.25) is 0 Å². The van der Waals surface area contributed by atoms with Crippen LogP contribution >= 0.6 is 0 Å². The molecule has 0 saturated carbocycles. The Hall–Kier alpha value is -2.87.